The van der Waals surface area contributed by atoms with E-state index in [1.807, 2.05) is 20.1 Å². The van der Waals surface area contributed by atoms with Crippen LogP contribution in [0.25, 0.3) is 0 Å². The number of aromatic carboxylic acids is 1. The van der Waals surface area contributed by atoms with Crippen molar-refractivity contribution in [2.24, 2.45) is 0 Å². The molecule has 0 fully saturated rings. The molecule has 0 saturated heterocycles. The molecule has 0 spiro atoms. The zero-order chi connectivity index (χ0) is 14.6. The maximum Gasteiger partial charge on any atom is 0.339 e. The van der Waals surface area contributed by atoms with Crippen LogP contribution in [0.2, 0.25) is 0 Å². The molecule has 0 radical (unpaired) electrons. The summed E-state index contributed by atoms with van der Waals surface area (Å²) in [7, 11) is 0. The van der Waals surface area contributed by atoms with Crippen molar-refractivity contribution in [3.63, 3.8) is 0 Å². The molecule has 19 heavy (non-hydrogen) atoms. The van der Waals surface area contributed by atoms with Crippen LogP contribution < -0.4 is 5.32 Å². The average molecular weight is 285 g/mol. The normalized spacial score (nSPS) is 11.4. The van der Waals surface area contributed by atoms with E-state index in [0.717, 1.165) is 0 Å². The maximum absolute atomic E-state index is 11.9. The van der Waals surface area contributed by atoms with Crippen molar-refractivity contribution in [2.75, 3.05) is 12.8 Å². The molecule has 1 aromatic heterocycles. The van der Waals surface area contributed by atoms with Crippen molar-refractivity contribution in [1.29, 1.82) is 0 Å². The quantitative estimate of drug-likeness (QED) is 0.839. The van der Waals surface area contributed by atoms with E-state index in [-0.39, 0.29) is 22.0 Å². The van der Waals surface area contributed by atoms with Gasteiger partial charge in [0.05, 0.1) is 0 Å². The molecule has 1 heterocycles. The molecule has 1 amide bonds. The topological polar surface area (TPSA) is 79.5 Å². The molecule has 0 bridgehead atoms. The summed E-state index contributed by atoms with van der Waals surface area (Å²) in [5.74, 6) is -1.10. The van der Waals surface area contributed by atoms with Gasteiger partial charge in [0.1, 0.15) is 11.3 Å². The summed E-state index contributed by atoms with van der Waals surface area (Å²) in [6, 6.07) is 1.28. The van der Waals surface area contributed by atoms with Crippen molar-refractivity contribution < 1.29 is 19.1 Å². The molecular weight excluding hydrogens is 266 g/mol. The zero-order valence-electron chi connectivity index (χ0n) is 11.6. The molecule has 0 saturated carbocycles. The first-order valence-electron chi connectivity index (χ1n) is 6.00. The van der Waals surface area contributed by atoms with Gasteiger partial charge >= 0.3 is 5.97 Å². The summed E-state index contributed by atoms with van der Waals surface area (Å²) in [6.45, 7) is 6.29. The Labute approximate surface area is 116 Å². The third kappa shape index (κ3) is 4.02. The lowest BCUT2D eigenvalue weighted by molar-refractivity contribution is 0.0694. The molecule has 106 valence electrons. The molecular formula is C13H19NO4S. The Morgan fingerprint density at radius 2 is 2.11 bits per heavy atom. The number of carbonyl (C=O) groups excluding carboxylic acids is 1. The van der Waals surface area contributed by atoms with Gasteiger partial charge in [-0.2, -0.15) is 11.8 Å². The molecule has 0 unspecified atom stereocenters. The van der Waals surface area contributed by atoms with Crippen LogP contribution in [-0.4, -0.2) is 34.5 Å². The Balaban J connectivity index is 2.81. The second kappa shape index (κ2) is 6.14. The van der Waals surface area contributed by atoms with Crippen LogP contribution >= 0.6 is 11.8 Å². The fourth-order valence-electron chi connectivity index (χ4n) is 1.44. The lowest BCUT2D eigenvalue weighted by Gasteiger charge is -2.21. The van der Waals surface area contributed by atoms with Gasteiger partial charge in [0, 0.05) is 23.8 Å². The number of thioether (sulfide) groups is 1. The Morgan fingerprint density at radius 1 is 1.47 bits per heavy atom. The van der Waals surface area contributed by atoms with Crippen LogP contribution in [0.4, 0.5) is 0 Å². The van der Waals surface area contributed by atoms with Crippen LogP contribution in [0.5, 0.6) is 0 Å². The number of hydrogen-bond acceptors (Lipinski definition) is 4. The fourth-order valence-corrected chi connectivity index (χ4v) is 1.65. The number of carboxylic acids is 1. The van der Waals surface area contributed by atoms with E-state index in [9.17, 15) is 9.59 Å². The Kier molecular flexibility index (Phi) is 5.05. The number of carboxylic acid groups (broad SMARTS) is 1. The summed E-state index contributed by atoms with van der Waals surface area (Å²) in [5, 5.41) is 11.7. The van der Waals surface area contributed by atoms with Gasteiger partial charge in [-0.3, -0.25) is 4.79 Å². The minimum Gasteiger partial charge on any atom is -0.478 e. The van der Waals surface area contributed by atoms with Crippen LogP contribution in [0.3, 0.4) is 0 Å². The van der Waals surface area contributed by atoms with Gasteiger partial charge < -0.3 is 14.8 Å². The fraction of sp³-hybridized carbons (Fsp3) is 0.538. The maximum atomic E-state index is 11.9. The van der Waals surface area contributed by atoms with Gasteiger partial charge in [-0.25, -0.2) is 4.79 Å². The summed E-state index contributed by atoms with van der Waals surface area (Å²) >= 11 is 1.64. The SMILES string of the molecule is CCc1oc(C(=O)NCC(C)(C)SC)cc1C(=O)O. The summed E-state index contributed by atoms with van der Waals surface area (Å²) in [4.78, 5) is 22.9. The number of carbonyl (C=O) groups is 2. The predicted molar refractivity (Wildman–Crippen MR) is 75.0 cm³/mol. The zero-order valence-corrected chi connectivity index (χ0v) is 12.4. The van der Waals surface area contributed by atoms with Crippen molar-refractivity contribution in [1.82, 2.24) is 5.32 Å². The van der Waals surface area contributed by atoms with E-state index in [1.54, 1.807) is 18.7 Å². The van der Waals surface area contributed by atoms with Crippen molar-refractivity contribution >= 4 is 23.6 Å². The minimum atomic E-state index is -1.08. The number of furan rings is 1. The first-order valence-corrected chi connectivity index (χ1v) is 7.22. The molecule has 0 aliphatic rings. The number of nitrogens with one attached hydrogen (secondary N) is 1. The van der Waals surface area contributed by atoms with Gasteiger partial charge in [0.25, 0.3) is 5.91 Å². The van der Waals surface area contributed by atoms with Crippen LogP contribution in [0, 0.1) is 0 Å². The van der Waals surface area contributed by atoms with Gasteiger partial charge in [0.2, 0.25) is 0 Å². The lowest BCUT2D eigenvalue weighted by Crippen LogP contribution is -2.35. The van der Waals surface area contributed by atoms with Crippen molar-refractivity contribution in [3.8, 4) is 0 Å². The molecule has 0 aromatic carbocycles. The van der Waals surface area contributed by atoms with Crippen LogP contribution in [0.1, 0.15) is 47.4 Å². The number of rotatable bonds is 6. The molecule has 0 aliphatic carbocycles. The lowest BCUT2D eigenvalue weighted by atomic mass is 10.2. The van der Waals surface area contributed by atoms with E-state index in [2.05, 4.69) is 5.32 Å². The second-order valence-corrected chi connectivity index (χ2v) is 6.27. The molecule has 0 aliphatic heterocycles. The van der Waals surface area contributed by atoms with E-state index in [0.29, 0.717) is 18.7 Å². The summed E-state index contributed by atoms with van der Waals surface area (Å²) in [6.07, 6.45) is 2.40. The smallest absolute Gasteiger partial charge is 0.339 e. The van der Waals surface area contributed by atoms with Gasteiger partial charge in [-0.05, 0) is 20.1 Å². The van der Waals surface area contributed by atoms with Crippen LogP contribution in [0.15, 0.2) is 10.5 Å². The van der Waals surface area contributed by atoms with E-state index in [1.165, 1.54) is 6.07 Å². The first-order chi connectivity index (χ1) is 8.80. The highest BCUT2D eigenvalue weighted by Gasteiger charge is 2.22. The Bertz CT molecular complexity index is 479. The average Bonchev–Trinajstić information content (AvgIpc) is 2.80. The number of amides is 1. The molecule has 0 atom stereocenters. The Hall–Kier alpha value is -1.43. The highest BCUT2D eigenvalue weighted by atomic mass is 32.2. The van der Waals surface area contributed by atoms with Crippen molar-refractivity contribution in [2.45, 2.75) is 31.9 Å². The van der Waals surface area contributed by atoms with Gasteiger partial charge in [-0.15, -0.1) is 0 Å². The molecule has 5 nitrogen and oxygen atoms in total. The standard InChI is InChI=1S/C13H19NO4S/c1-5-9-8(12(16)17)6-10(18-9)11(15)14-7-13(2,3)19-4/h6H,5,7H2,1-4H3,(H,14,15)(H,16,17). The minimum absolute atomic E-state index is 0.0474. The van der Waals surface area contributed by atoms with Gasteiger partial charge in [-0.1, -0.05) is 6.92 Å². The Morgan fingerprint density at radius 3 is 2.53 bits per heavy atom. The number of aryl methyl sites for hydroxylation is 1. The predicted octanol–water partition coefficient (Wildman–Crippen LogP) is 2.41. The monoisotopic (exact) mass is 285 g/mol. The highest BCUT2D eigenvalue weighted by Crippen LogP contribution is 2.20. The molecule has 2 N–H and O–H groups in total. The van der Waals surface area contributed by atoms with E-state index >= 15 is 0 Å². The van der Waals surface area contributed by atoms with Gasteiger partial charge in [0.15, 0.2) is 5.76 Å². The highest BCUT2D eigenvalue weighted by molar-refractivity contribution is 7.99. The first kappa shape index (κ1) is 15.6. The third-order valence-corrected chi connectivity index (χ3v) is 4.06. The molecule has 6 heteroatoms. The van der Waals surface area contributed by atoms with E-state index in [4.69, 9.17) is 9.52 Å². The van der Waals surface area contributed by atoms with Crippen molar-refractivity contribution in [3.05, 3.63) is 23.2 Å². The molecule has 1 rings (SSSR count). The summed E-state index contributed by atoms with van der Waals surface area (Å²) < 4.78 is 5.21. The van der Waals surface area contributed by atoms with Crippen LogP contribution in [-0.2, 0) is 6.42 Å². The second-order valence-electron chi connectivity index (χ2n) is 4.75. The molecule has 1 aromatic rings. The third-order valence-electron chi connectivity index (χ3n) is 2.81. The summed E-state index contributed by atoms with van der Waals surface area (Å²) in [5.41, 5.74) is 0.0526. The number of hydrogen-bond donors (Lipinski definition) is 2. The van der Waals surface area contributed by atoms with E-state index < -0.39 is 5.97 Å². The largest absolute Gasteiger partial charge is 0.478 e.